The van der Waals surface area contributed by atoms with Crippen molar-refractivity contribution < 1.29 is 4.39 Å². The van der Waals surface area contributed by atoms with Crippen LogP contribution in [0.3, 0.4) is 0 Å². The number of fused-ring (bicyclic) bond motifs is 1. The molecule has 0 saturated carbocycles. The van der Waals surface area contributed by atoms with E-state index in [1.54, 1.807) is 28.2 Å². The Kier molecular flexibility index (Phi) is 3.31. The van der Waals surface area contributed by atoms with Crippen molar-refractivity contribution in [3.63, 3.8) is 0 Å². The first-order chi connectivity index (χ1) is 11.2. The van der Waals surface area contributed by atoms with E-state index >= 15 is 0 Å². The highest BCUT2D eigenvalue weighted by Crippen LogP contribution is 2.28. The largest absolute Gasteiger partial charge is 0.340 e. The molecule has 23 heavy (non-hydrogen) atoms. The van der Waals surface area contributed by atoms with Crippen LogP contribution in [0.25, 0.3) is 15.3 Å². The Balaban J connectivity index is 1.75. The van der Waals surface area contributed by atoms with Crippen LogP contribution in [0.2, 0.25) is 0 Å². The fourth-order valence-electron chi connectivity index (χ4n) is 2.37. The highest BCUT2D eigenvalue weighted by molar-refractivity contribution is 7.20. The van der Waals surface area contributed by atoms with Crippen LogP contribution in [-0.2, 0) is 0 Å². The summed E-state index contributed by atoms with van der Waals surface area (Å²) < 4.78 is 15.9. The number of hydrogen-bond acceptors (Lipinski definition) is 4. The van der Waals surface area contributed by atoms with Gasteiger partial charge in [0.25, 0.3) is 0 Å². The standard InChI is InChI=1S/C17H13FN4S/c1-11-10-16(19-13-8-6-12(18)7-9-13)22(21-11)17-20-14-4-2-3-5-15(14)23-17/h2-10,19H,1H3. The smallest absolute Gasteiger partial charge is 0.213 e. The zero-order valence-electron chi connectivity index (χ0n) is 12.3. The minimum Gasteiger partial charge on any atom is -0.340 e. The first-order valence-electron chi connectivity index (χ1n) is 7.14. The van der Waals surface area contributed by atoms with E-state index in [4.69, 9.17) is 0 Å². The Labute approximate surface area is 136 Å². The van der Waals surface area contributed by atoms with E-state index in [0.717, 1.165) is 32.5 Å². The predicted octanol–water partition coefficient (Wildman–Crippen LogP) is 4.67. The summed E-state index contributed by atoms with van der Waals surface area (Å²) in [4.78, 5) is 4.63. The number of benzene rings is 2. The monoisotopic (exact) mass is 324 g/mol. The van der Waals surface area contributed by atoms with E-state index in [9.17, 15) is 4.39 Å². The highest BCUT2D eigenvalue weighted by Gasteiger charge is 2.12. The molecule has 0 aliphatic heterocycles. The molecule has 0 fully saturated rings. The summed E-state index contributed by atoms with van der Waals surface area (Å²) in [7, 11) is 0. The molecule has 4 rings (SSSR count). The van der Waals surface area contributed by atoms with Crippen molar-refractivity contribution in [2.24, 2.45) is 0 Å². The molecule has 6 heteroatoms. The van der Waals surface area contributed by atoms with Gasteiger partial charge in [0, 0.05) is 11.8 Å². The van der Waals surface area contributed by atoms with E-state index in [2.05, 4.69) is 15.4 Å². The van der Waals surface area contributed by atoms with Crippen LogP contribution in [0.5, 0.6) is 0 Å². The number of anilines is 2. The van der Waals surface area contributed by atoms with Crippen molar-refractivity contribution >= 4 is 33.1 Å². The third kappa shape index (κ3) is 2.68. The maximum absolute atomic E-state index is 13.0. The number of halogens is 1. The molecule has 1 N–H and O–H groups in total. The molecule has 0 unspecified atom stereocenters. The van der Waals surface area contributed by atoms with Gasteiger partial charge in [-0.3, -0.25) is 0 Å². The number of hydrogen-bond donors (Lipinski definition) is 1. The van der Waals surface area contributed by atoms with Gasteiger partial charge in [-0.25, -0.2) is 9.37 Å². The topological polar surface area (TPSA) is 42.7 Å². The lowest BCUT2D eigenvalue weighted by Gasteiger charge is -2.07. The molecule has 2 heterocycles. The lowest BCUT2D eigenvalue weighted by Crippen LogP contribution is -2.02. The molecule has 2 aromatic carbocycles. The summed E-state index contributed by atoms with van der Waals surface area (Å²) in [6.07, 6.45) is 0. The predicted molar refractivity (Wildman–Crippen MR) is 91.2 cm³/mol. The second-order valence-electron chi connectivity index (χ2n) is 5.18. The molecule has 0 aliphatic carbocycles. The van der Waals surface area contributed by atoms with E-state index in [1.165, 1.54) is 12.1 Å². The minimum atomic E-state index is -0.258. The number of thiazole rings is 1. The lowest BCUT2D eigenvalue weighted by atomic mass is 10.3. The van der Waals surface area contributed by atoms with Gasteiger partial charge in [-0.1, -0.05) is 23.5 Å². The Bertz CT molecular complexity index is 939. The summed E-state index contributed by atoms with van der Waals surface area (Å²) in [5.41, 5.74) is 2.64. The molecule has 0 amide bonds. The molecule has 2 aromatic heterocycles. The van der Waals surface area contributed by atoms with Gasteiger partial charge in [-0.15, -0.1) is 0 Å². The molecule has 114 valence electrons. The fourth-order valence-corrected chi connectivity index (χ4v) is 3.30. The number of nitrogens with zero attached hydrogens (tertiary/aromatic N) is 3. The Morgan fingerprint density at radius 2 is 1.87 bits per heavy atom. The number of para-hydroxylation sites is 1. The van der Waals surface area contributed by atoms with Crippen LogP contribution < -0.4 is 5.32 Å². The lowest BCUT2D eigenvalue weighted by molar-refractivity contribution is 0.628. The van der Waals surface area contributed by atoms with Crippen molar-refractivity contribution in [1.82, 2.24) is 14.8 Å². The molecular formula is C17H13FN4S. The van der Waals surface area contributed by atoms with Gasteiger partial charge >= 0.3 is 0 Å². The Morgan fingerprint density at radius 1 is 1.09 bits per heavy atom. The maximum Gasteiger partial charge on any atom is 0.213 e. The number of aromatic nitrogens is 3. The summed E-state index contributed by atoms with van der Waals surface area (Å²) in [5, 5.41) is 8.58. The quantitative estimate of drug-likeness (QED) is 0.595. The zero-order chi connectivity index (χ0) is 15.8. The van der Waals surface area contributed by atoms with Gasteiger partial charge in [0.05, 0.1) is 15.9 Å². The van der Waals surface area contributed by atoms with Gasteiger partial charge in [0.1, 0.15) is 11.6 Å². The first kappa shape index (κ1) is 13.9. The third-order valence-electron chi connectivity index (χ3n) is 3.41. The van der Waals surface area contributed by atoms with Crippen molar-refractivity contribution in [3.05, 3.63) is 66.1 Å². The fraction of sp³-hybridized carbons (Fsp3) is 0.0588. The number of aryl methyl sites for hydroxylation is 1. The summed E-state index contributed by atoms with van der Waals surface area (Å²) >= 11 is 1.58. The zero-order valence-corrected chi connectivity index (χ0v) is 13.1. The molecule has 0 aliphatic rings. The van der Waals surface area contributed by atoms with E-state index in [0.29, 0.717) is 0 Å². The SMILES string of the molecule is Cc1cc(Nc2ccc(F)cc2)n(-c2nc3ccccc3s2)n1. The third-order valence-corrected chi connectivity index (χ3v) is 4.42. The number of rotatable bonds is 3. The van der Waals surface area contributed by atoms with Crippen molar-refractivity contribution in [1.29, 1.82) is 0 Å². The minimum absolute atomic E-state index is 0.258. The maximum atomic E-state index is 13.0. The average Bonchev–Trinajstić information content (AvgIpc) is 3.12. The van der Waals surface area contributed by atoms with Crippen LogP contribution >= 0.6 is 11.3 Å². The highest BCUT2D eigenvalue weighted by atomic mass is 32.1. The van der Waals surface area contributed by atoms with E-state index in [1.807, 2.05) is 37.3 Å². The molecule has 0 atom stereocenters. The molecule has 0 spiro atoms. The Hall–Kier alpha value is -2.73. The van der Waals surface area contributed by atoms with E-state index in [-0.39, 0.29) is 5.82 Å². The van der Waals surface area contributed by atoms with Gasteiger partial charge in [0.15, 0.2) is 0 Å². The number of nitrogens with one attached hydrogen (secondary N) is 1. The molecule has 0 bridgehead atoms. The molecule has 0 saturated heterocycles. The van der Waals surface area contributed by atoms with Crippen LogP contribution in [0.15, 0.2) is 54.6 Å². The van der Waals surface area contributed by atoms with E-state index < -0.39 is 0 Å². The second kappa shape index (κ2) is 5.48. The summed E-state index contributed by atoms with van der Waals surface area (Å²) in [6, 6.07) is 16.2. The van der Waals surface area contributed by atoms with Gasteiger partial charge < -0.3 is 5.32 Å². The molecule has 4 aromatic rings. The molecular weight excluding hydrogens is 311 g/mol. The summed E-state index contributed by atoms with van der Waals surface area (Å²) in [5.74, 6) is 0.541. The van der Waals surface area contributed by atoms with Crippen molar-refractivity contribution in [3.8, 4) is 5.13 Å². The Morgan fingerprint density at radius 3 is 2.65 bits per heavy atom. The van der Waals surface area contributed by atoms with Crippen molar-refractivity contribution in [2.45, 2.75) is 6.92 Å². The van der Waals surface area contributed by atoms with Gasteiger partial charge in [-0.2, -0.15) is 9.78 Å². The molecule has 4 nitrogen and oxygen atoms in total. The van der Waals surface area contributed by atoms with Crippen LogP contribution in [0, 0.1) is 12.7 Å². The van der Waals surface area contributed by atoms with Gasteiger partial charge in [-0.05, 0) is 43.3 Å². The summed E-state index contributed by atoms with van der Waals surface area (Å²) in [6.45, 7) is 1.93. The first-order valence-corrected chi connectivity index (χ1v) is 7.96. The van der Waals surface area contributed by atoms with Crippen molar-refractivity contribution in [2.75, 3.05) is 5.32 Å². The van der Waals surface area contributed by atoms with Gasteiger partial charge in [0.2, 0.25) is 5.13 Å². The van der Waals surface area contributed by atoms with Crippen LogP contribution in [-0.4, -0.2) is 14.8 Å². The normalized spacial score (nSPS) is 11.0. The molecule has 0 radical (unpaired) electrons. The average molecular weight is 324 g/mol. The van der Waals surface area contributed by atoms with Crippen LogP contribution in [0.4, 0.5) is 15.9 Å². The second-order valence-corrected chi connectivity index (χ2v) is 6.19. The van der Waals surface area contributed by atoms with Crippen LogP contribution in [0.1, 0.15) is 5.69 Å².